The first-order valence-electron chi connectivity index (χ1n) is 8.45. The van der Waals surface area contributed by atoms with Gasteiger partial charge in [-0.05, 0) is 47.9 Å². The maximum atomic E-state index is 12.2. The van der Waals surface area contributed by atoms with Crippen LogP contribution in [0.3, 0.4) is 0 Å². The second kappa shape index (κ2) is 9.29. The van der Waals surface area contributed by atoms with Gasteiger partial charge in [-0.3, -0.25) is 13.8 Å². The highest BCUT2D eigenvalue weighted by Crippen LogP contribution is 2.13. The Labute approximate surface area is 156 Å². The fourth-order valence-corrected chi connectivity index (χ4v) is 2.94. The number of carbonyl (C=O) groups is 2. The van der Waals surface area contributed by atoms with Gasteiger partial charge in [-0.25, -0.2) is 0 Å². The van der Waals surface area contributed by atoms with Gasteiger partial charge in [0.1, 0.15) is 0 Å². The lowest BCUT2D eigenvalue weighted by Gasteiger charge is -2.10. The summed E-state index contributed by atoms with van der Waals surface area (Å²) < 4.78 is 11.4. The van der Waals surface area contributed by atoms with Crippen molar-refractivity contribution in [3.63, 3.8) is 0 Å². The highest BCUT2D eigenvalue weighted by Gasteiger charge is 2.08. The number of hydrogen-bond acceptors (Lipinski definition) is 3. The van der Waals surface area contributed by atoms with E-state index in [0.29, 0.717) is 29.3 Å². The van der Waals surface area contributed by atoms with Crippen molar-refractivity contribution in [2.24, 2.45) is 5.92 Å². The molecule has 0 spiro atoms. The first kappa shape index (κ1) is 19.8. The van der Waals surface area contributed by atoms with Gasteiger partial charge in [0.2, 0.25) is 5.91 Å². The molecule has 2 rings (SSSR count). The quantitative estimate of drug-likeness (QED) is 0.783. The van der Waals surface area contributed by atoms with Gasteiger partial charge in [0.15, 0.2) is 0 Å². The van der Waals surface area contributed by atoms with Gasteiger partial charge in [0.05, 0.1) is 0 Å². The van der Waals surface area contributed by atoms with Gasteiger partial charge in [-0.2, -0.15) is 0 Å². The van der Waals surface area contributed by atoms with Gasteiger partial charge >= 0.3 is 0 Å². The van der Waals surface area contributed by atoms with Crippen LogP contribution >= 0.6 is 0 Å². The summed E-state index contributed by atoms with van der Waals surface area (Å²) in [7, 11) is -1.06. The molecular formula is C20H24N2O3S. The Balaban J connectivity index is 1.94. The first-order valence-corrected chi connectivity index (χ1v) is 10.0. The number of nitrogens with one attached hydrogen (secondary N) is 2. The molecule has 0 aliphatic heterocycles. The Hall–Kier alpha value is -2.47. The van der Waals surface area contributed by atoms with E-state index >= 15 is 0 Å². The lowest BCUT2D eigenvalue weighted by molar-refractivity contribution is -0.116. The summed E-state index contributed by atoms with van der Waals surface area (Å²) >= 11 is 0. The third-order valence-corrected chi connectivity index (χ3v) is 4.64. The lowest BCUT2D eigenvalue weighted by atomic mass is 10.1. The van der Waals surface area contributed by atoms with Crippen molar-refractivity contribution in [2.45, 2.75) is 31.7 Å². The summed E-state index contributed by atoms with van der Waals surface area (Å²) in [5, 5.41) is 5.72. The van der Waals surface area contributed by atoms with E-state index in [1.807, 2.05) is 38.1 Å². The molecular weight excluding hydrogens is 348 g/mol. The molecule has 2 aromatic carbocycles. The van der Waals surface area contributed by atoms with Crippen LogP contribution in [0.15, 0.2) is 53.4 Å². The molecule has 2 aromatic rings. The number of rotatable bonds is 7. The molecule has 0 aliphatic carbocycles. The SMILES string of the molecule is CC(C)CC(=O)Nc1cccc(CNC(=O)c2ccc(S(C)=O)cc2)c1. The minimum absolute atomic E-state index is 0.0189. The molecule has 0 bridgehead atoms. The normalized spacial score (nSPS) is 11.8. The molecule has 0 saturated heterocycles. The van der Waals surface area contributed by atoms with Crippen LogP contribution in [0.2, 0.25) is 0 Å². The predicted octanol–water partition coefficient (Wildman–Crippen LogP) is 3.34. The van der Waals surface area contributed by atoms with Crippen LogP contribution in [0.5, 0.6) is 0 Å². The fraction of sp³-hybridized carbons (Fsp3) is 0.300. The number of hydrogen-bond donors (Lipinski definition) is 2. The zero-order valence-corrected chi connectivity index (χ0v) is 16.1. The third-order valence-electron chi connectivity index (χ3n) is 3.71. The van der Waals surface area contributed by atoms with E-state index in [-0.39, 0.29) is 11.8 Å². The van der Waals surface area contributed by atoms with Crippen LogP contribution in [0.25, 0.3) is 0 Å². The molecule has 0 aliphatic rings. The molecule has 6 heteroatoms. The lowest BCUT2D eigenvalue weighted by Crippen LogP contribution is -2.23. The van der Waals surface area contributed by atoms with Gasteiger partial charge in [-0.1, -0.05) is 26.0 Å². The van der Waals surface area contributed by atoms with E-state index in [0.717, 1.165) is 11.3 Å². The molecule has 0 radical (unpaired) electrons. The maximum absolute atomic E-state index is 12.2. The van der Waals surface area contributed by atoms with Gasteiger partial charge < -0.3 is 10.6 Å². The molecule has 2 amide bonds. The first-order chi connectivity index (χ1) is 12.3. The highest BCUT2D eigenvalue weighted by molar-refractivity contribution is 7.84. The molecule has 0 aromatic heterocycles. The Morgan fingerprint density at radius 3 is 2.38 bits per heavy atom. The summed E-state index contributed by atoms with van der Waals surface area (Å²) in [5.74, 6) is 0.0799. The van der Waals surface area contributed by atoms with Crippen molar-refractivity contribution in [2.75, 3.05) is 11.6 Å². The average Bonchev–Trinajstić information content (AvgIpc) is 2.59. The Morgan fingerprint density at radius 1 is 1.08 bits per heavy atom. The summed E-state index contributed by atoms with van der Waals surface area (Å²) in [5.41, 5.74) is 2.13. The third kappa shape index (κ3) is 6.11. The van der Waals surface area contributed by atoms with E-state index in [4.69, 9.17) is 0 Å². The molecule has 0 heterocycles. The monoisotopic (exact) mass is 372 g/mol. The molecule has 0 fully saturated rings. The second-order valence-corrected chi connectivity index (χ2v) is 7.89. The largest absolute Gasteiger partial charge is 0.348 e. The molecule has 0 saturated carbocycles. The summed E-state index contributed by atoms with van der Waals surface area (Å²) in [6.45, 7) is 4.35. The van der Waals surface area contributed by atoms with Crippen molar-refractivity contribution < 1.29 is 13.8 Å². The minimum Gasteiger partial charge on any atom is -0.348 e. The smallest absolute Gasteiger partial charge is 0.251 e. The molecule has 138 valence electrons. The van der Waals surface area contributed by atoms with Crippen LogP contribution in [0.4, 0.5) is 5.69 Å². The van der Waals surface area contributed by atoms with Crippen LogP contribution in [0.1, 0.15) is 36.2 Å². The number of carbonyl (C=O) groups excluding carboxylic acids is 2. The minimum atomic E-state index is -1.06. The van der Waals surface area contributed by atoms with Crippen molar-refractivity contribution in [1.29, 1.82) is 0 Å². The Morgan fingerprint density at radius 2 is 1.77 bits per heavy atom. The topological polar surface area (TPSA) is 75.3 Å². The van der Waals surface area contributed by atoms with Crippen LogP contribution in [-0.4, -0.2) is 22.3 Å². The van der Waals surface area contributed by atoms with Gasteiger partial charge in [0.25, 0.3) is 5.91 Å². The van der Waals surface area contributed by atoms with Gasteiger partial charge in [-0.15, -0.1) is 0 Å². The highest BCUT2D eigenvalue weighted by atomic mass is 32.2. The summed E-state index contributed by atoms with van der Waals surface area (Å²) in [6.07, 6.45) is 2.07. The number of anilines is 1. The molecule has 2 N–H and O–H groups in total. The van der Waals surface area contributed by atoms with Crippen molar-refractivity contribution in [1.82, 2.24) is 5.32 Å². The fourth-order valence-electron chi connectivity index (χ4n) is 2.42. The summed E-state index contributed by atoms with van der Waals surface area (Å²) in [4.78, 5) is 24.8. The zero-order valence-electron chi connectivity index (χ0n) is 15.2. The van der Waals surface area contributed by atoms with Crippen LogP contribution < -0.4 is 10.6 Å². The van der Waals surface area contributed by atoms with Crippen molar-refractivity contribution >= 4 is 28.3 Å². The molecule has 1 unspecified atom stereocenters. The van der Waals surface area contributed by atoms with Crippen molar-refractivity contribution in [3.8, 4) is 0 Å². The standard InChI is InChI=1S/C20H24N2O3S/c1-14(2)11-19(23)22-17-6-4-5-15(12-17)13-21-20(24)16-7-9-18(10-8-16)26(3)25/h4-10,12,14H,11,13H2,1-3H3,(H,21,24)(H,22,23). The van der Waals surface area contributed by atoms with Crippen LogP contribution in [0, 0.1) is 5.92 Å². The second-order valence-electron chi connectivity index (χ2n) is 6.51. The van der Waals surface area contributed by atoms with E-state index in [1.54, 1.807) is 30.5 Å². The van der Waals surface area contributed by atoms with Gasteiger partial charge in [0, 0.05) is 46.2 Å². The predicted molar refractivity (Wildman–Crippen MR) is 104 cm³/mol. The van der Waals surface area contributed by atoms with Crippen molar-refractivity contribution in [3.05, 3.63) is 59.7 Å². The van der Waals surface area contributed by atoms with E-state index < -0.39 is 10.8 Å². The van der Waals surface area contributed by atoms with Crippen LogP contribution in [-0.2, 0) is 22.1 Å². The Kier molecular flexibility index (Phi) is 7.09. The molecule has 5 nitrogen and oxygen atoms in total. The summed E-state index contributed by atoms with van der Waals surface area (Å²) in [6, 6.07) is 14.1. The zero-order chi connectivity index (χ0) is 19.1. The molecule has 26 heavy (non-hydrogen) atoms. The number of amides is 2. The van der Waals surface area contributed by atoms with E-state index in [2.05, 4.69) is 10.6 Å². The molecule has 1 atom stereocenters. The number of benzene rings is 2. The maximum Gasteiger partial charge on any atom is 0.251 e. The average molecular weight is 372 g/mol. The van der Waals surface area contributed by atoms with E-state index in [1.165, 1.54) is 0 Å². The van der Waals surface area contributed by atoms with E-state index in [9.17, 15) is 13.8 Å². The Bertz CT molecular complexity index is 801.